The van der Waals surface area contributed by atoms with E-state index in [9.17, 15) is 0 Å². The van der Waals surface area contributed by atoms with Crippen LogP contribution in [0.4, 0.5) is 0 Å². The second kappa shape index (κ2) is 3.55. The molecule has 0 radical (unpaired) electrons. The number of hydrogen-bond acceptors (Lipinski definition) is 2. The Balaban J connectivity index is 2.77. The molecule has 2 heteroatoms. The lowest BCUT2D eigenvalue weighted by molar-refractivity contribution is 0.200. The zero-order valence-corrected chi connectivity index (χ0v) is 7.20. The van der Waals surface area contributed by atoms with E-state index >= 15 is 0 Å². The predicted molar refractivity (Wildman–Crippen MR) is 47.2 cm³/mol. The normalized spacial score (nSPS) is 33.2. The van der Waals surface area contributed by atoms with Gasteiger partial charge in [0.15, 0.2) is 0 Å². The molecule has 0 aromatic heterocycles. The maximum Gasteiger partial charge on any atom is 0.0825 e. The molecule has 0 fully saturated rings. The van der Waals surface area contributed by atoms with Gasteiger partial charge in [0.1, 0.15) is 0 Å². The first kappa shape index (κ1) is 9.02. The molecule has 0 atom stereocenters. The Labute approximate surface area is 72.8 Å². The van der Waals surface area contributed by atoms with E-state index in [1.807, 2.05) is 31.2 Å². The molecule has 0 unspecified atom stereocenters. The quantitative estimate of drug-likeness (QED) is 0.629. The van der Waals surface area contributed by atoms with Crippen molar-refractivity contribution in [1.82, 2.24) is 0 Å². The van der Waals surface area contributed by atoms with Gasteiger partial charge in [0.05, 0.1) is 18.6 Å². The molecule has 12 heavy (non-hydrogen) atoms. The Morgan fingerprint density at radius 2 is 2.08 bits per heavy atom. The van der Waals surface area contributed by atoms with Crippen LogP contribution in [0.2, 0.25) is 0 Å². The van der Waals surface area contributed by atoms with Crippen LogP contribution < -0.4 is 0 Å². The third-order valence-corrected chi connectivity index (χ3v) is 2.37. The summed E-state index contributed by atoms with van der Waals surface area (Å²) in [5.41, 5.74) is -0.215. The predicted octanol–water partition coefficient (Wildman–Crippen LogP) is 1.64. The molecule has 1 rings (SSSR count). The lowest BCUT2D eigenvalue weighted by Gasteiger charge is -2.25. The number of nitrogens with zero attached hydrogens (tertiary/aromatic N) is 1. The van der Waals surface area contributed by atoms with Crippen LogP contribution in [0, 0.1) is 22.7 Å². The van der Waals surface area contributed by atoms with Gasteiger partial charge < -0.3 is 5.11 Å². The molecule has 0 heterocycles. The Hall–Kier alpha value is -1.07. The van der Waals surface area contributed by atoms with Crippen LogP contribution in [0.1, 0.15) is 13.3 Å². The fourth-order valence-corrected chi connectivity index (χ4v) is 1.25. The summed E-state index contributed by atoms with van der Waals surface area (Å²) in [5.74, 6) is -0.115. The number of rotatable bonds is 2. The highest BCUT2D eigenvalue weighted by Crippen LogP contribution is 2.29. The van der Waals surface area contributed by atoms with Crippen molar-refractivity contribution in [1.29, 1.82) is 5.26 Å². The van der Waals surface area contributed by atoms with Crippen molar-refractivity contribution in [2.75, 3.05) is 6.61 Å². The molecule has 2 nitrogen and oxygen atoms in total. The molecule has 0 aliphatic heterocycles. The molecule has 0 saturated carbocycles. The largest absolute Gasteiger partial charge is 0.395 e. The summed E-state index contributed by atoms with van der Waals surface area (Å²) in [5, 5.41) is 17.7. The smallest absolute Gasteiger partial charge is 0.0825 e. The van der Waals surface area contributed by atoms with E-state index in [1.54, 1.807) is 0 Å². The highest BCUT2D eigenvalue weighted by atomic mass is 16.3. The summed E-state index contributed by atoms with van der Waals surface area (Å²) in [6.45, 7) is 2.15. The topological polar surface area (TPSA) is 44.0 Å². The van der Waals surface area contributed by atoms with E-state index in [4.69, 9.17) is 10.4 Å². The van der Waals surface area contributed by atoms with E-state index in [2.05, 4.69) is 6.07 Å². The highest BCUT2D eigenvalue weighted by molar-refractivity contribution is 5.24. The second-order valence-corrected chi connectivity index (χ2v) is 3.12. The first-order valence-electron chi connectivity index (χ1n) is 4.15. The van der Waals surface area contributed by atoms with Crippen molar-refractivity contribution >= 4 is 0 Å². The Kier molecular flexibility index (Phi) is 2.67. The van der Waals surface area contributed by atoms with Gasteiger partial charge in [-0.3, -0.25) is 0 Å². The van der Waals surface area contributed by atoms with Gasteiger partial charge in [0.2, 0.25) is 0 Å². The summed E-state index contributed by atoms with van der Waals surface area (Å²) in [6, 6.07) is 2.13. The van der Waals surface area contributed by atoms with Crippen molar-refractivity contribution in [2.45, 2.75) is 13.3 Å². The average molecular weight is 163 g/mol. The van der Waals surface area contributed by atoms with Gasteiger partial charge in [0, 0.05) is 5.41 Å². The lowest BCUT2D eigenvalue weighted by atomic mass is 9.80. The summed E-state index contributed by atoms with van der Waals surface area (Å²) in [7, 11) is 0. The molecule has 1 N–H and O–H groups in total. The lowest BCUT2D eigenvalue weighted by Crippen LogP contribution is -2.21. The van der Waals surface area contributed by atoms with Crippen molar-refractivity contribution in [3.05, 3.63) is 24.3 Å². The molecule has 1 aliphatic carbocycles. The molecule has 0 bridgehead atoms. The molecule has 0 saturated heterocycles. The molecule has 0 aromatic carbocycles. The maximum atomic E-state index is 9.12. The monoisotopic (exact) mass is 163 g/mol. The van der Waals surface area contributed by atoms with Crippen molar-refractivity contribution < 1.29 is 5.11 Å². The van der Waals surface area contributed by atoms with Crippen molar-refractivity contribution in [3.8, 4) is 6.07 Å². The summed E-state index contributed by atoms with van der Waals surface area (Å²) >= 11 is 0. The minimum absolute atomic E-state index is 0.115. The van der Waals surface area contributed by atoms with Gasteiger partial charge in [0.25, 0.3) is 0 Å². The Morgan fingerprint density at radius 1 is 1.50 bits per heavy atom. The summed E-state index contributed by atoms with van der Waals surface area (Å²) < 4.78 is 0. The minimum atomic E-state index is -0.215. The van der Waals surface area contributed by atoms with Crippen LogP contribution in [-0.4, -0.2) is 11.7 Å². The molecule has 64 valence electrons. The van der Waals surface area contributed by atoms with E-state index in [1.165, 1.54) is 0 Å². The average Bonchev–Trinajstić information content (AvgIpc) is 2.18. The number of nitriles is 1. The standard InChI is InChI=1S/C10H13NO/c1-2-10(8-12)5-3-9(7-11)4-6-10/h3-6,9,12H,2,8H2,1H3. The van der Waals surface area contributed by atoms with Gasteiger partial charge in [-0.2, -0.15) is 5.26 Å². The maximum absolute atomic E-state index is 9.12. The third-order valence-electron chi connectivity index (χ3n) is 2.37. The number of allylic oxidation sites excluding steroid dienone is 2. The summed E-state index contributed by atoms with van der Waals surface area (Å²) in [4.78, 5) is 0. The van der Waals surface area contributed by atoms with Gasteiger partial charge in [-0.25, -0.2) is 0 Å². The van der Waals surface area contributed by atoms with Crippen LogP contribution in [0.25, 0.3) is 0 Å². The van der Waals surface area contributed by atoms with Gasteiger partial charge >= 0.3 is 0 Å². The zero-order chi connectivity index (χ0) is 9.03. The number of hydrogen-bond donors (Lipinski definition) is 1. The fourth-order valence-electron chi connectivity index (χ4n) is 1.25. The van der Waals surface area contributed by atoms with Gasteiger partial charge in [-0.05, 0) is 6.42 Å². The SMILES string of the molecule is CCC1(CO)C=CC(C#N)C=C1. The van der Waals surface area contributed by atoms with Crippen LogP contribution >= 0.6 is 0 Å². The minimum Gasteiger partial charge on any atom is -0.395 e. The molecular weight excluding hydrogens is 150 g/mol. The number of aliphatic hydroxyl groups excluding tert-OH is 1. The molecule has 0 spiro atoms. The van der Waals surface area contributed by atoms with Crippen molar-refractivity contribution in [3.63, 3.8) is 0 Å². The van der Waals surface area contributed by atoms with E-state index in [-0.39, 0.29) is 17.9 Å². The summed E-state index contributed by atoms with van der Waals surface area (Å²) in [6.07, 6.45) is 8.43. The van der Waals surface area contributed by atoms with Crippen LogP contribution in [0.3, 0.4) is 0 Å². The van der Waals surface area contributed by atoms with Crippen molar-refractivity contribution in [2.24, 2.45) is 11.3 Å². The van der Waals surface area contributed by atoms with E-state index in [0.29, 0.717) is 0 Å². The Morgan fingerprint density at radius 3 is 2.42 bits per heavy atom. The zero-order valence-electron chi connectivity index (χ0n) is 7.20. The number of aliphatic hydroxyl groups is 1. The molecule has 0 amide bonds. The first-order chi connectivity index (χ1) is 5.76. The molecular formula is C10H13NO. The second-order valence-electron chi connectivity index (χ2n) is 3.12. The Bertz CT molecular complexity index is 227. The third kappa shape index (κ3) is 1.57. The van der Waals surface area contributed by atoms with Crippen LogP contribution in [0.15, 0.2) is 24.3 Å². The highest BCUT2D eigenvalue weighted by Gasteiger charge is 2.23. The molecule has 0 aromatic rings. The van der Waals surface area contributed by atoms with Gasteiger partial charge in [-0.15, -0.1) is 0 Å². The molecule has 1 aliphatic rings. The van der Waals surface area contributed by atoms with E-state index in [0.717, 1.165) is 6.42 Å². The first-order valence-corrected chi connectivity index (χ1v) is 4.15. The fraction of sp³-hybridized carbons (Fsp3) is 0.500. The van der Waals surface area contributed by atoms with Crippen LogP contribution in [-0.2, 0) is 0 Å². The van der Waals surface area contributed by atoms with E-state index < -0.39 is 0 Å². The van der Waals surface area contributed by atoms with Gasteiger partial charge in [-0.1, -0.05) is 31.2 Å². The van der Waals surface area contributed by atoms with Crippen LogP contribution in [0.5, 0.6) is 0 Å².